The number of esters is 2. The van der Waals surface area contributed by atoms with Gasteiger partial charge < -0.3 is 39.2 Å². The summed E-state index contributed by atoms with van der Waals surface area (Å²) in [6, 6.07) is 8.75. The number of hydrogen-bond donors (Lipinski definition) is 3. The molecule has 1 aliphatic rings. The van der Waals surface area contributed by atoms with E-state index in [1.54, 1.807) is 0 Å². The number of aliphatic hydroxyl groups excluding tert-OH is 2. The fourth-order valence-corrected chi connectivity index (χ4v) is 9.28. The first-order valence-corrected chi connectivity index (χ1v) is 28.3. The molecule has 69 heavy (non-hydrogen) atoms. The number of aliphatic hydroxyl groups is 2. The lowest BCUT2D eigenvalue weighted by Gasteiger charge is -2.43. The van der Waals surface area contributed by atoms with Crippen molar-refractivity contribution in [3.8, 4) is 0 Å². The van der Waals surface area contributed by atoms with E-state index in [0.29, 0.717) is 25.9 Å². The fourth-order valence-electron chi connectivity index (χ4n) is 9.28. The number of ether oxygens (including phenoxy) is 5. The summed E-state index contributed by atoms with van der Waals surface area (Å²) in [5, 5.41) is 24.8. The van der Waals surface area contributed by atoms with Gasteiger partial charge in [0.2, 0.25) is 5.91 Å². The number of carbonyl (C=O) groups excluding carboxylic acids is 3. The highest BCUT2D eigenvalue weighted by Gasteiger charge is 2.49. The summed E-state index contributed by atoms with van der Waals surface area (Å²) in [7, 11) is 0. The smallest absolute Gasteiger partial charge is 0.310 e. The van der Waals surface area contributed by atoms with Crippen molar-refractivity contribution in [3.63, 3.8) is 0 Å². The van der Waals surface area contributed by atoms with Gasteiger partial charge in [0.05, 0.1) is 38.8 Å². The Morgan fingerprint density at radius 3 is 1.62 bits per heavy atom. The van der Waals surface area contributed by atoms with Crippen molar-refractivity contribution in [3.05, 3.63) is 48.6 Å². The first-order valence-electron chi connectivity index (χ1n) is 28.3. The highest BCUT2D eigenvalue weighted by molar-refractivity contribution is 5.77. The number of benzene rings is 1. The standard InChI is InChI=1S/C58H101NO10/c1-5-9-12-15-18-21-22-25-28-31-37-42-53(62)67-50(41-36-30-27-24-20-17-14-11-7-3)45-54(63)69-57-55(58(65-43-8-4)68-51(46-60)56(57)64)59-52(61)44-49(66-47-48-38-33-32-34-39-48)40-35-29-26-23-19-16-13-10-6-2/h8,32-34,38-39,49-51,55-58,60,64H,4-7,9-31,35-37,40-47H2,1-3H3,(H,59,61)/t49-,50-,51-,55-,56-,57-,58+/m1/s1. The van der Waals surface area contributed by atoms with E-state index in [1.165, 1.54) is 128 Å². The molecule has 0 radical (unpaired) electrons. The van der Waals surface area contributed by atoms with Crippen LogP contribution in [0.5, 0.6) is 0 Å². The zero-order valence-electron chi connectivity index (χ0n) is 44.0. The van der Waals surface area contributed by atoms with Crippen LogP contribution in [0.2, 0.25) is 0 Å². The molecule has 1 aliphatic heterocycles. The van der Waals surface area contributed by atoms with Gasteiger partial charge in [-0.15, -0.1) is 6.58 Å². The summed E-state index contributed by atoms with van der Waals surface area (Å²) in [4.78, 5) is 41.2. The Morgan fingerprint density at radius 2 is 1.13 bits per heavy atom. The molecule has 1 heterocycles. The Bertz CT molecular complexity index is 1400. The van der Waals surface area contributed by atoms with E-state index in [1.807, 2.05) is 30.3 Å². The number of unbranched alkanes of at least 4 members (excludes halogenated alkanes) is 26. The van der Waals surface area contributed by atoms with Crippen LogP contribution in [0.25, 0.3) is 0 Å². The minimum atomic E-state index is -1.49. The lowest BCUT2D eigenvalue weighted by atomic mass is 9.96. The van der Waals surface area contributed by atoms with Gasteiger partial charge in [0, 0.05) is 6.42 Å². The first kappa shape index (κ1) is 62.3. The Labute approximate surface area is 420 Å². The van der Waals surface area contributed by atoms with Crippen LogP contribution in [0.4, 0.5) is 0 Å². The topological polar surface area (TPSA) is 150 Å². The molecular weight excluding hydrogens is 871 g/mol. The van der Waals surface area contributed by atoms with Gasteiger partial charge in [0.1, 0.15) is 24.4 Å². The van der Waals surface area contributed by atoms with Gasteiger partial charge in [-0.1, -0.05) is 231 Å². The van der Waals surface area contributed by atoms with Crippen molar-refractivity contribution in [1.82, 2.24) is 5.32 Å². The second-order valence-corrected chi connectivity index (χ2v) is 19.8. The third-order valence-corrected chi connectivity index (χ3v) is 13.5. The zero-order chi connectivity index (χ0) is 50.0. The first-order chi connectivity index (χ1) is 33.8. The van der Waals surface area contributed by atoms with Crippen molar-refractivity contribution in [2.45, 2.75) is 289 Å². The summed E-state index contributed by atoms with van der Waals surface area (Å²) >= 11 is 0. The van der Waals surface area contributed by atoms with Crippen molar-refractivity contribution < 1.29 is 48.3 Å². The molecule has 3 N–H and O–H groups in total. The van der Waals surface area contributed by atoms with Crippen LogP contribution in [0.15, 0.2) is 43.0 Å². The van der Waals surface area contributed by atoms with Crippen molar-refractivity contribution in [2.75, 3.05) is 13.2 Å². The van der Waals surface area contributed by atoms with Gasteiger partial charge >= 0.3 is 11.9 Å². The van der Waals surface area contributed by atoms with E-state index in [-0.39, 0.29) is 37.4 Å². The average Bonchev–Trinajstić information content (AvgIpc) is 3.34. The van der Waals surface area contributed by atoms with Gasteiger partial charge in [0.25, 0.3) is 0 Å². The lowest BCUT2D eigenvalue weighted by molar-refractivity contribution is -0.271. The van der Waals surface area contributed by atoms with E-state index >= 15 is 0 Å². The third-order valence-electron chi connectivity index (χ3n) is 13.5. The molecule has 11 nitrogen and oxygen atoms in total. The highest BCUT2D eigenvalue weighted by Crippen LogP contribution is 2.27. The van der Waals surface area contributed by atoms with Crippen molar-refractivity contribution in [1.29, 1.82) is 0 Å². The quantitative estimate of drug-likeness (QED) is 0.0327. The molecule has 1 saturated heterocycles. The van der Waals surface area contributed by atoms with E-state index in [0.717, 1.165) is 69.8 Å². The van der Waals surface area contributed by atoms with Gasteiger partial charge in [-0.2, -0.15) is 0 Å². The van der Waals surface area contributed by atoms with Gasteiger partial charge in [-0.3, -0.25) is 14.4 Å². The fraction of sp³-hybridized carbons (Fsp3) is 0.810. The molecule has 11 heteroatoms. The van der Waals surface area contributed by atoms with Gasteiger partial charge in [0.15, 0.2) is 12.4 Å². The number of nitrogens with one attached hydrogen (secondary N) is 1. The Hall–Kier alpha value is -2.83. The van der Waals surface area contributed by atoms with Crippen LogP contribution in [0.3, 0.4) is 0 Å². The molecular formula is C58H101NO10. The average molecular weight is 972 g/mol. The predicted molar refractivity (Wildman–Crippen MR) is 279 cm³/mol. The van der Waals surface area contributed by atoms with Gasteiger partial charge in [-0.05, 0) is 31.2 Å². The summed E-state index contributed by atoms with van der Waals surface area (Å²) < 4.78 is 30.3. The second kappa shape index (κ2) is 42.8. The lowest BCUT2D eigenvalue weighted by Crippen LogP contribution is -2.66. The van der Waals surface area contributed by atoms with Crippen LogP contribution in [-0.4, -0.2) is 84.1 Å². The molecule has 398 valence electrons. The summed E-state index contributed by atoms with van der Waals surface area (Å²) in [5.74, 6) is -1.38. The Morgan fingerprint density at radius 1 is 0.652 bits per heavy atom. The monoisotopic (exact) mass is 972 g/mol. The Kier molecular flexibility index (Phi) is 38.6. The van der Waals surface area contributed by atoms with Crippen molar-refractivity contribution in [2.24, 2.45) is 0 Å². The molecule has 7 atom stereocenters. The minimum absolute atomic E-state index is 0.0324. The second-order valence-electron chi connectivity index (χ2n) is 19.8. The normalized spacial score (nSPS) is 18.9. The Balaban J connectivity index is 2.13. The largest absolute Gasteiger partial charge is 0.462 e. The van der Waals surface area contributed by atoms with Crippen LogP contribution in [0.1, 0.15) is 245 Å². The molecule has 0 unspecified atom stereocenters. The third kappa shape index (κ3) is 31.3. The number of carbonyl (C=O) groups is 3. The maximum atomic E-state index is 14.0. The molecule has 1 aromatic carbocycles. The number of rotatable bonds is 46. The summed E-state index contributed by atoms with van der Waals surface area (Å²) in [6.45, 7) is 10.3. The molecule has 2 rings (SSSR count). The van der Waals surface area contributed by atoms with Crippen LogP contribution >= 0.6 is 0 Å². The molecule has 1 aromatic rings. The maximum absolute atomic E-state index is 14.0. The molecule has 1 amide bonds. The minimum Gasteiger partial charge on any atom is -0.462 e. The molecule has 0 bridgehead atoms. The molecule has 0 aromatic heterocycles. The SMILES string of the molecule is C=CCO[C@H]1O[C@H](CO)[C@@H](O)[C@H](OC(=O)C[C@@H](CCCCCCCCCCC)OC(=O)CCCCCCCCCCCCC)[C@H]1NC(=O)C[C@@H](CCCCCCCCCCC)OCc1ccccc1. The molecule has 0 spiro atoms. The molecule has 0 aliphatic carbocycles. The van der Waals surface area contributed by atoms with Gasteiger partial charge in [-0.25, -0.2) is 0 Å². The highest BCUT2D eigenvalue weighted by atomic mass is 16.7. The van der Waals surface area contributed by atoms with E-state index in [4.69, 9.17) is 23.7 Å². The van der Waals surface area contributed by atoms with E-state index in [9.17, 15) is 24.6 Å². The predicted octanol–water partition coefficient (Wildman–Crippen LogP) is 13.5. The van der Waals surface area contributed by atoms with E-state index < -0.39 is 49.3 Å². The zero-order valence-corrected chi connectivity index (χ0v) is 44.0. The molecule has 1 fully saturated rings. The van der Waals surface area contributed by atoms with Crippen LogP contribution < -0.4 is 5.32 Å². The number of hydrogen-bond acceptors (Lipinski definition) is 10. The molecule has 0 saturated carbocycles. The maximum Gasteiger partial charge on any atom is 0.310 e. The van der Waals surface area contributed by atoms with E-state index in [2.05, 4.69) is 32.7 Å². The van der Waals surface area contributed by atoms with Crippen LogP contribution in [-0.2, 0) is 44.7 Å². The van der Waals surface area contributed by atoms with Crippen molar-refractivity contribution >= 4 is 17.8 Å². The number of amides is 1. The summed E-state index contributed by atoms with van der Waals surface area (Å²) in [5.41, 5.74) is 1.01. The summed E-state index contributed by atoms with van der Waals surface area (Å²) in [6.07, 6.45) is 30.5. The van der Waals surface area contributed by atoms with Crippen LogP contribution in [0, 0.1) is 0 Å².